The highest BCUT2D eigenvalue weighted by Gasteiger charge is 2.43. The maximum Gasteiger partial charge on any atom is 0.410 e. The first-order valence-electron chi connectivity index (χ1n) is 37.0. The molecule has 1 aliphatic heterocycles. The Morgan fingerprint density at radius 2 is 1.26 bits per heavy atom. The molecule has 11 amide bonds. The van der Waals surface area contributed by atoms with Crippen LogP contribution < -0.4 is 42.5 Å². The molecule has 3 aromatic rings. The Bertz CT molecular complexity index is 3310. The maximum atomic E-state index is 14.3. The molecule has 2 aliphatic rings. The summed E-state index contributed by atoms with van der Waals surface area (Å²) in [5, 5.41) is 33.7. The largest absolute Gasteiger partial charge is 0.445 e. The monoisotopic (exact) mass is 1500 g/mol. The molecule has 3 aromatic carbocycles. The highest BCUT2D eigenvalue weighted by atomic mass is 32.2. The first-order valence-corrected chi connectivity index (χ1v) is 39.5. The van der Waals surface area contributed by atoms with Crippen molar-refractivity contribution in [3.05, 3.63) is 89.5 Å². The Labute approximate surface area is 629 Å². The number of thioether (sulfide) groups is 2. The van der Waals surface area contributed by atoms with E-state index in [0.717, 1.165) is 17.7 Å². The fraction of sp³-hybridized carbons (Fsp3) is 0.623. The fourth-order valence-electron chi connectivity index (χ4n) is 13.3. The predicted molar refractivity (Wildman–Crippen MR) is 411 cm³/mol. The topological polar surface area (TPSA) is 342 Å². The summed E-state index contributed by atoms with van der Waals surface area (Å²) in [7, 11) is 6.03. The number of ether oxygens (including phenoxy) is 3. The van der Waals surface area contributed by atoms with Gasteiger partial charge in [-0.05, 0) is 104 Å². The van der Waals surface area contributed by atoms with E-state index in [1.807, 2.05) is 50.1 Å². The number of carbonyl (C=O) groups is 11. The van der Waals surface area contributed by atoms with E-state index in [9.17, 15) is 57.8 Å². The first-order chi connectivity index (χ1) is 50.1. The normalized spacial score (nSPS) is 16.6. The zero-order chi connectivity index (χ0) is 77.3. The summed E-state index contributed by atoms with van der Waals surface area (Å²) in [4.78, 5) is 153. The number of hydrogen-bond acceptors (Lipinski definition) is 17. The van der Waals surface area contributed by atoms with Gasteiger partial charge in [-0.25, -0.2) is 4.79 Å². The molecule has 105 heavy (non-hydrogen) atoms. The van der Waals surface area contributed by atoms with Crippen molar-refractivity contribution >= 4 is 106 Å². The summed E-state index contributed by atoms with van der Waals surface area (Å²) in [6, 6.07) is 16.5. The molecule has 10 atom stereocenters. The number of aliphatic hydroxyl groups excluding tert-OH is 1. The van der Waals surface area contributed by atoms with E-state index in [1.54, 1.807) is 102 Å². The molecule has 2 fully saturated rings. The summed E-state index contributed by atoms with van der Waals surface area (Å²) in [6.45, 7) is 13.9. The molecule has 0 spiro atoms. The molecule has 1 heterocycles. The summed E-state index contributed by atoms with van der Waals surface area (Å²) >= 11 is 3.37. The molecule has 9 N–H and O–H groups in total. The molecule has 582 valence electrons. The number of likely N-dealkylation sites (N-methyl/N-ethyl adjacent to an activating group) is 2. The van der Waals surface area contributed by atoms with Crippen LogP contribution in [0, 0.1) is 23.7 Å². The van der Waals surface area contributed by atoms with Gasteiger partial charge < -0.3 is 71.7 Å². The van der Waals surface area contributed by atoms with Crippen molar-refractivity contribution in [2.24, 2.45) is 23.7 Å². The van der Waals surface area contributed by atoms with Crippen LogP contribution in [0.15, 0.2) is 72.8 Å². The van der Waals surface area contributed by atoms with Gasteiger partial charge in [0.25, 0.3) is 5.91 Å². The Morgan fingerprint density at radius 1 is 0.638 bits per heavy atom. The molecule has 1 saturated heterocycles. The Morgan fingerprint density at radius 3 is 1.86 bits per heavy atom. The second kappa shape index (κ2) is 45.7. The molecule has 5 rings (SSSR count). The van der Waals surface area contributed by atoms with Crippen molar-refractivity contribution in [1.82, 2.24) is 41.3 Å². The lowest BCUT2D eigenvalue weighted by molar-refractivity contribution is -0.146. The number of anilines is 3. The van der Waals surface area contributed by atoms with Crippen LogP contribution in [0.4, 0.5) is 21.9 Å². The van der Waals surface area contributed by atoms with Gasteiger partial charge in [0.2, 0.25) is 53.2 Å². The number of hydrogen-bond donors (Lipinski definition) is 9. The van der Waals surface area contributed by atoms with Gasteiger partial charge in [-0.1, -0.05) is 129 Å². The fourth-order valence-corrected chi connectivity index (χ4v) is 15.0. The Kier molecular flexibility index (Phi) is 38.2. The van der Waals surface area contributed by atoms with E-state index >= 15 is 0 Å². The Hall–Kier alpha value is -7.79. The third kappa shape index (κ3) is 28.8. The molecule has 1 aliphatic carbocycles. The minimum Gasteiger partial charge on any atom is -0.445 e. The van der Waals surface area contributed by atoms with Gasteiger partial charge in [0.05, 0.1) is 61.9 Å². The molecule has 0 bridgehead atoms. The van der Waals surface area contributed by atoms with E-state index in [0.29, 0.717) is 77.2 Å². The highest BCUT2D eigenvalue weighted by Crippen LogP contribution is 2.32. The van der Waals surface area contributed by atoms with Crippen LogP contribution in [-0.2, 0) is 64.0 Å². The van der Waals surface area contributed by atoms with Crippen LogP contribution in [0.2, 0.25) is 0 Å². The van der Waals surface area contributed by atoms with Gasteiger partial charge in [0, 0.05) is 100 Å². The van der Waals surface area contributed by atoms with Crippen molar-refractivity contribution in [3.8, 4) is 0 Å². The highest BCUT2D eigenvalue weighted by molar-refractivity contribution is 7.99. The molecule has 1 saturated carbocycles. The first kappa shape index (κ1) is 87.8. The van der Waals surface area contributed by atoms with Crippen molar-refractivity contribution in [3.63, 3.8) is 0 Å². The minimum absolute atomic E-state index is 0.0343. The summed E-state index contributed by atoms with van der Waals surface area (Å²) < 4.78 is 17.6. The van der Waals surface area contributed by atoms with Gasteiger partial charge in [-0.2, -0.15) is 23.5 Å². The number of amides is 11. The molecule has 2 unspecified atom stereocenters. The van der Waals surface area contributed by atoms with Crippen molar-refractivity contribution in [2.75, 3.05) is 88.2 Å². The number of aliphatic hydroxyl groups is 1. The second-order valence-electron chi connectivity index (χ2n) is 28.2. The van der Waals surface area contributed by atoms with Crippen molar-refractivity contribution in [1.29, 1.82) is 0 Å². The third-order valence-electron chi connectivity index (χ3n) is 19.5. The average molecular weight is 1500 g/mol. The maximum absolute atomic E-state index is 14.3. The van der Waals surface area contributed by atoms with Crippen molar-refractivity contribution in [2.45, 2.75) is 212 Å². The number of carbonyl (C=O) groups excluding carboxylic acids is 11. The second-order valence-corrected chi connectivity index (χ2v) is 30.6. The van der Waals surface area contributed by atoms with Crippen LogP contribution in [0.5, 0.6) is 0 Å². The number of methoxy groups -OCH3 is 2. The quantitative estimate of drug-likeness (QED) is 0.0239. The van der Waals surface area contributed by atoms with E-state index in [-0.39, 0.29) is 79.9 Å². The standard InChI is InChI=1S/C77H117N11O15S2/c1-14-50(6)70(61(101-11)44-66(93)88-38-24-29-60(88)72(102-12)51(7)73(96)81-52(8)71(95)54-25-19-18-20-26-54)86(9)67(94)46-80-76(99)69(49(4)5)87(10)77(100)103-47-53-31-33-56(34-32-53)82-65(92)45-79-75(98)68(48(2)3)85-62(89)30-23-37-78-74(97)55-41-57(83-63(90)35-39-104-13)43-58(42-55)84-64(91)36-40-105-59-27-21-16-15-17-22-28-59/h18-20,25-26,31-34,41-43,48-52,59-61,68-72,95H,14-17,21-24,27-30,35-40,44-47H2,1-13H3,(H,78,97)(H,79,98)(H,80,99)(H,81,96)(H,82,92)(H,83,90)(H,84,91)(H,85,89)/t50-,51+,52+,60-,61+,68?,69?,70-,71+,72+/m0/s1. The predicted octanol–water partition coefficient (Wildman–Crippen LogP) is 8.83. The molecule has 0 radical (unpaired) electrons. The van der Waals surface area contributed by atoms with Crippen molar-refractivity contribution < 1.29 is 72.1 Å². The van der Waals surface area contributed by atoms with E-state index in [1.165, 1.54) is 76.1 Å². The van der Waals surface area contributed by atoms with Crippen LogP contribution in [0.3, 0.4) is 0 Å². The van der Waals surface area contributed by atoms with Gasteiger partial charge in [-0.3, -0.25) is 52.8 Å². The SMILES string of the molecule is CC[C@H](C)[C@@H]([C@@H](CC(=O)N1CCC[C@H]1[C@H](OC)[C@@H](C)C(=O)N[C@H](C)[C@@H](O)c1ccccc1)OC)N(C)C(=O)CNC(=O)C(C(C)C)N(C)C(=O)OCc1ccc(NC(=O)CNC(=O)C(NC(=O)CCCNC(=O)c2cc(NC(=O)CCSC)cc(NC(=O)CCSC3CCCCCCC3)c2)C(C)C)cc1. The van der Waals surface area contributed by atoms with Crippen LogP contribution in [-0.4, -0.2) is 205 Å². The van der Waals surface area contributed by atoms with Gasteiger partial charge in [0.15, 0.2) is 0 Å². The lowest BCUT2D eigenvalue weighted by Crippen LogP contribution is -2.56. The Balaban J connectivity index is 1.05. The van der Waals surface area contributed by atoms with E-state index in [4.69, 9.17) is 14.2 Å². The van der Waals surface area contributed by atoms with Gasteiger partial charge in [0.1, 0.15) is 18.7 Å². The minimum atomic E-state index is -1.05. The van der Waals surface area contributed by atoms with Gasteiger partial charge >= 0.3 is 6.09 Å². The summed E-state index contributed by atoms with van der Waals surface area (Å²) in [5.74, 6) is -4.39. The number of benzene rings is 3. The van der Waals surface area contributed by atoms with E-state index < -0.39 is 115 Å². The number of nitrogens with one attached hydrogen (secondary N) is 8. The lowest BCUT2D eigenvalue weighted by Gasteiger charge is -2.39. The lowest BCUT2D eigenvalue weighted by atomic mass is 9.90. The van der Waals surface area contributed by atoms with Crippen LogP contribution in [0.1, 0.15) is 179 Å². The van der Waals surface area contributed by atoms with Crippen LogP contribution in [0.25, 0.3) is 0 Å². The number of rotatable bonds is 41. The zero-order valence-electron chi connectivity index (χ0n) is 63.8. The summed E-state index contributed by atoms with van der Waals surface area (Å²) in [6.07, 6.45) is 9.89. The average Bonchev–Trinajstić information content (AvgIpc) is 1.78. The molecule has 28 heteroatoms. The summed E-state index contributed by atoms with van der Waals surface area (Å²) in [5.41, 5.74) is 2.54. The molecular weight excluding hydrogens is 1380 g/mol. The molecule has 26 nitrogen and oxygen atoms in total. The zero-order valence-corrected chi connectivity index (χ0v) is 65.4. The third-order valence-corrected chi connectivity index (χ3v) is 21.5. The molecule has 0 aromatic heterocycles. The van der Waals surface area contributed by atoms with Gasteiger partial charge in [-0.15, -0.1) is 0 Å². The smallest absolute Gasteiger partial charge is 0.410 e. The van der Waals surface area contributed by atoms with E-state index in [2.05, 4.69) is 42.5 Å². The van der Waals surface area contributed by atoms with Crippen LogP contribution >= 0.6 is 23.5 Å². The number of likely N-dealkylation sites (tertiary alicyclic amines) is 1. The number of nitrogens with zero attached hydrogens (tertiary/aromatic N) is 3. The molecular formula is C77H117N11O15S2.